The van der Waals surface area contributed by atoms with Gasteiger partial charge in [-0.15, -0.1) is 11.8 Å². The summed E-state index contributed by atoms with van der Waals surface area (Å²) < 4.78 is 10.6. The lowest BCUT2D eigenvalue weighted by atomic mass is 10.1. The maximum atomic E-state index is 12.4. The maximum absolute atomic E-state index is 12.4. The average molecular weight is 359 g/mol. The molecule has 2 rings (SSSR count). The lowest BCUT2D eigenvalue weighted by Crippen LogP contribution is -2.26. The van der Waals surface area contributed by atoms with Crippen molar-refractivity contribution >= 4 is 17.7 Å². The Hall–Kier alpha value is -2.14. The first kappa shape index (κ1) is 19.2. The number of rotatable bonds is 8. The van der Waals surface area contributed by atoms with Gasteiger partial charge in [-0.2, -0.15) is 0 Å². The summed E-state index contributed by atoms with van der Waals surface area (Å²) in [7, 11) is 5.11. The number of nitrogens with zero attached hydrogens (tertiary/aromatic N) is 1. The number of thioether (sulfide) groups is 1. The average Bonchev–Trinajstić information content (AvgIpc) is 2.66. The molecule has 0 spiro atoms. The maximum Gasteiger partial charge on any atom is 0.222 e. The fourth-order valence-corrected chi connectivity index (χ4v) is 3.01. The van der Waals surface area contributed by atoms with Gasteiger partial charge in [-0.1, -0.05) is 12.1 Å². The summed E-state index contributed by atoms with van der Waals surface area (Å²) in [6, 6.07) is 14.0. The number of ether oxygens (including phenoxy) is 2. The van der Waals surface area contributed by atoms with Crippen LogP contribution in [0.1, 0.15) is 17.5 Å². The first-order chi connectivity index (χ1) is 12.1. The summed E-state index contributed by atoms with van der Waals surface area (Å²) in [6.45, 7) is 0.614. The summed E-state index contributed by atoms with van der Waals surface area (Å²) in [4.78, 5) is 15.4. The van der Waals surface area contributed by atoms with Crippen LogP contribution >= 0.6 is 11.8 Å². The number of hydrogen-bond donors (Lipinski definition) is 0. The Bertz CT molecular complexity index is 701. The van der Waals surface area contributed by atoms with Gasteiger partial charge in [0.05, 0.1) is 14.2 Å². The normalized spacial score (nSPS) is 10.4. The quantitative estimate of drug-likeness (QED) is 0.668. The highest BCUT2D eigenvalue weighted by atomic mass is 32.2. The highest BCUT2D eigenvalue weighted by Gasteiger charge is 2.12. The van der Waals surface area contributed by atoms with Gasteiger partial charge in [0.25, 0.3) is 0 Å². The monoisotopic (exact) mass is 359 g/mol. The van der Waals surface area contributed by atoms with Gasteiger partial charge in [-0.05, 0) is 54.1 Å². The molecule has 0 N–H and O–H groups in total. The van der Waals surface area contributed by atoms with E-state index in [1.54, 1.807) is 30.9 Å². The van der Waals surface area contributed by atoms with Gasteiger partial charge >= 0.3 is 0 Å². The highest BCUT2D eigenvalue weighted by Crippen LogP contribution is 2.25. The lowest BCUT2D eigenvalue weighted by Gasteiger charge is -2.18. The molecule has 0 radical (unpaired) electrons. The molecule has 2 aromatic carbocycles. The van der Waals surface area contributed by atoms with E-state index in [0.717, 1.165) is 22.6 Å². The van der Waals surface area contributed by atoms with E-state index in [4.69, 9.17) is 9.47 Å². The largest absolute Gasteiger partial charge is 0.497 e. The van der Waals surface area contributed by atoms with Crippen LogP contribution in [-0.2, 0) is 17.8 Å². The van der Waals surface area contributed by atoms with Crippen LogP contribution < -0.4 is 9.47 Å². The van der Waals surface area contributed by atoms with Crippen molar-refractivity contribution in [2.24, 2.45) is 0 Å². The van der Waals surface area contributed by atoms with Crippen LogP contribution in [0.3, 0.4) is 0 Å². The molecule has 0 unspecified atom stereocenters. The van der Waals surface area contributed by atoms with Crippen molar-refractivity contribution in [1.82, 2.24) is 4.90 Å². The van der Waals surface area contributed by atoms with Gasteiger partial charge in [0.2, 0.25) is 5.91 Å². The summed E-state index contributed by atoms with van der Waals surface area (Å²) >= 11 is 1.71. The van der Waals surface area contributed by atoms with Crippen molar-refractivity contribution in [3.05, 3.63) is 53.6 Å². The fourth-order valence-electron chi connectivity index (χ4n) is 2.60. The molecular formula is C20H25NO3S. The Kier molecular flexibility index (Phi) is 7.19. The zero-order valence-electron chi connectivity index (χ0n) is 15.2. The zero-order valence-corrected chi connectivity index (χ0v) is 16.1. The molecule has 0 heterocycles. The summed E-state index contributed by atoms with van der Waals surface area (Å²) in [5, 5.41) is 0. The molecule has 25 heavy (non-hydrogen) atoms. The Labute approximate surface area is 154 Å². The van der Waals surface area contributed by atoms with E-state index >= 15 is 0 Å². The van der Waals surface area contributed by atoms with Crippen molar-refractivity contribution in [3.63, 3.8) is 0 Å². The van der Waals surface area contributed by atoms with Crippen LogP contribution in [0.25, 0.3) is 0 Å². The number of carbonyl (C=O) groups excluding carboxylic acids is 1. The van der Waals surface area contributed by atoms with Crippen LogP contribution in [0, 0.1) is 0 Å². The molecule has 2 aromatic rings. The standard InChI is InChI=1S/C20H25NO3S/c1-21(14-15-5-9-18(25-4)10-6-15)20(22)12-7-16-13-17(23-2)8-11-19(16)24-3/h5-6,8-11,13H,7,12,14H2,1-4H3. The third kappa shape index (κ3) is 5.43. The number of carbonyl (C=O) groups is 1. The van der Waals surface area contributed by atoms with E-state index in [1.165, 1.54) is 4.90 Å². The molecule has 5 heteroatoms. The lowest BCUT2D eigenvalue weighted by molar-refractivity contribution is -0.130. The molecule has 0 atom stereocenters. The van der Waals surface area contributed by atoms with Crippen LogP contribution in [0.4, 0.5) is 0 Å². The van der Waals surface area contributed by atoms with Crippen molar-refractivity contribution in [1.29, 1.82) is 0 Å². The van der Waals surface area contributed by atoms with E-state index in [9.17, 15) is 4.79 Å². The minimum Gasteiger partial charge on any atom is -0.497 e. The third-order valence-electron chi connectivity index (χ3n) is 4.10. The van der Waals surface area contributed by atoms with Crippen LogP contribution in [0.5, 0.6) is 11.5 Å². The predicted octanol–water partition coefficient (Wildman–Crippen LogP) is 4.02. The summed E-state index contributed by atoms with van der Waals surface area (Å²) in [6.07, 6.45) is 3.11. The van der Waals surface area contributed by atoms with Crippen LogP contribution in [0.2, 0.25) is 0 Å². The van der Waals surface area contributed by atoms with Gasteiger partial charge < -0.3 is 14.4 Å². The Morgan fingerprint density at radius 1 is 1.08 bits per heavy atom. The predicted molar refractivity (Wildman–Crippen MR) is 103 cm³/mol. The van der Waals surface area contributed by atoms with Crippen LogP contribution in [-0.4, -0.2) is 38.3 Å². The number of amides is 1. The molecule has 134 valence electrons. The number of aryl methyl sites for hydroxylation is 1. The van der Waals surface area contributed by atoms with Gasteiger partial charge in [0, 0.05) is 24.9 Å². The van der Waals surface area contributed by atoms with E-state index in [1.807, 2.05) is 25.2 Å². The molecule has 0 saturated heterocycles. The molecular weight excluding hydrogens is 334 g/mol. The highest BCUT2D eigenvalue weighted by molar-refractivity contribution is 7.98. The first-order valence-electron chi connectivity index (χ1n) is 8.15. The van der Waals surface area contributed by atoms with E-state index in [-0.39, 0.29) is 5.91 Å². The van der Waals surface area contributed by atoms with Gasteiger partial charge in [0.15, 0.2) is 0 Å². The molecule has 4 nitrogen and oxygen atoms in total. The van der Waals surface area contributed by atoms with Crippen molar-refractivity contribution in [2.75, 3.05) is 27.5 Å². The third-order valence-corrected chi connectivity index (χ3v) is 4.84. The first-order valence-corrected chi connectivity index (χ1v) is 9.37. The second kappa shape index (κ2) is 9.37. The molecule has 0 aromatic heterocycles. The molecule has 0 bridgehead atoms. The molecule has 0 aliphatic heterocycles. The van der Waals surface area contributed by atoms with E-state index < -0.39 is 0 Å². The number of methoxy groups -OCH3 is 2. The number of benzene rings is 2. The molecule has 0 fully saturated rings. The van der Waals surface area contributed by atoms with Gasteiger partial charge in [0.1, 0.15) is 11.5 Å². The van der Waals surface area contributed by atoms with Gasteiger partial charge in [-0.3, -0.25) is 4.79 Å². The van der Waals surface area contributed by atoms with Crippen molar-refractivity contribution in [2.45, 2.75) is 24.3 Å². The minimum atomic E-state index is 0.110. The van der Waals surface area contributed by atoms with Gasteiger partial charge in [-0.25, -0.2) is 0 Å². The van der Waals surface area contributed by atoms with E-state index in [2.05, 4.69) is 30.5 Å². The Morgan fingerprint density at radius 3 is 2.40 bits per heavy atom. The molecule has 0 aliphatic carbocycles. The molecule has 1 amide bonds. The van der Waals surface area contributed by atoms with Crippen LogP contribution in [0.15, 0.2) is 47.4 Å². The Morgan fingerprint density at radius 2 is 1.80 bits per heavy atom. The fraction of sp³-hybridized carbons (Fsp3) is 0.350. The Balaban J connectivity index is 1.94. The number of hydrogen-bond acceptors (Lipinski definition) is 4. The summed E-state index contributed by atoms with van der Waals surface area (Å²) in [5.41, 5.74) is 2.11. The van der Waals surface area contributed by atoms with E-state index in [0.29, 0.717) is 19.4 Å². The SMILES string of the molecule is COc1ccc(OC)c(CCC(=O)N(C)Cc2ccc(SC)cc2)c1. The zero-order chi connectivity index (χ0) is 18.2. The van der Waals surface area contributed by atoms with Crippen molar-refractivity contribution in [3.8, 4) is 11.5 Å². The second-order valence-electron chi connectivity index (χ2n) is 5.78. The second-order valence-corrected chi connectivity index (χ2v) is 6.66. The minimum absolute atomic E-state index is 0.110. The molecule has 0 saturated carbocycles. The topological polar surface area (TPSA) is 38.8 Å². The smallest absolute Gasteiger partial charge is 0.222 e. The molecule has 0 aliphatic rings. The summed E-state index contributed by atoms with van der Waals surface area (Å²) in [5.74, 6) is 1.66. The van der Waals surface area contributed by atoms with Crippen molar-refractivity contribution < 1.29 is 14.3 Å².